The van der Waals surface area contributed by atoms with Gasteiger partial charge in [0.05, 0.1) is 5.60 Å². The Morgan fingerprint density at radius 1 is 0.917 bits per heavy atom. The third-order valence-corrected chi connectivity index (χ3v) is 6.55. The maximum Gasteiger partial charge on any atom is 0.291 e. The summed E-state index contributed by atoms with van der Waals surface area (Å²) in [4.78, 5) is 14.5. The van der Waals surface area contributed by atoms with Crippen LogP contribution in [0.4, 0.5) is 23.2 Å². The zero-order valence-corrected chi connectivity index (χ0v) is 19.0. The smallest absolute Gasteiger partial charge is 0.291 e. The molecular formula is C27H22F4N2O3. The maximum atomic E-state index is 14.0. The quantitative estimate of drug-likeness (QED) is 0.345. The van der Waals surface area contributed by atoms with Gasteiger partial charge in [-0.15, -0.1) is 0 Å². The Balaban J connectivity index is 1.27. The minimum atomic E-state index is -1.11. The lowest BCUT2D eigenvalue weighted by Gasteiger charge is -2.38. The van der Waals surface area contributed by atoms with E-state index in [1.807, 2.05) is 4.90 Å². The fourth-order valence-corrected chi connectivity index (χ4v) is 4.47. The lowest BCUT2D eigenvalue weighted by Crippen LogP contribution is -2.42. The number of aliphatic hydroxyl groups is 1. The van der Waals surface area contributed by atoms with Crippen LogP contribution in [0, 0.1) is 23.3 Å². The number of hydrogen-bond acceptors (Lipinski definition) is 4. The SMILES string of the molecule is O=C(Nc1ccc(F)c(F)c1)c1cc2cc(C3(O)CCN(Cc4ccc(F)cc4F)CC3)ccc2o1. The second-order valence-electron chi connectivity index (χ2n) is 8.99. The van der Waals surface area contributed by atoms with Crippen LogP contribution in [-0.4, -0.2) is 29.0 Å². The monoisotopic (exact) mass is 498 g/mol. The van der Waals surface area contributed by atoms with Crippen molar-refractivity contribution < 1.29 is 31.9 Å². The summed E-state index contributed by atoms with van der Waals surface area (Å²) in [6, 6.07) is 13.2. The number of piperidine rings is 1. The zero-order chi connectivity index (χ0) is 25.4. The summed E-state index contributed by atoms with van der Waals surface area (Å²) in [6.45, 7) is 1.34. The highest BCUT2D eigenvalue weighted by Gasteiger charge is 2.34. The average molecular weight is 498 g/mol. The third kappa shape index (κ3) is 4.84. The van der Waals surface area contributed by atoms with Crippen molar-refractivity contribution in [2.75, 3.05) is 18.4 Å². The van der Waals surface area contributed by atoms with E-state index < -0.39 is 34.8 Å². The molecule has 186 valence electrons. The molecule has 3 aromatic carbocycles. The van der Waals surface area contributed by atoms with Crippen LogP contribution in [0.2, 0.25) is 0 Å². The molecule has 9 heteroatoms. The highest BCUT2D eigenvalue weighted by molar-refractivity contribution is 6.04. The van der Waals surface area contributed by atoms with Crippen LogP contribution in [0.1, 0.15) is 34.5 Å². The number of anilines is 1. The van der Waals surface area contributed by atoms with Crippen LogP contribution >= 0.6 is 0 Å². The number of nitrogens with one attached hydrogen (secondary N) is 1. The fourth-order valence-electron chi connectivity index (χ4n) is 4.47. The van der Waals surface area contributed by atoms with Crippen molar-refractivity contribution in [2.45, 2.75) is 25.0 Å². The Morgan fingerprint density at radius 2 is 1.69 bits per heavy atom. The molecule has 0 bridgehead atoms. The number of rotatable bonds is 5. The molecule has 2 heterocycles. The van der Waals surface area contributed by atoms with Crippen LogP contribution < -0.4 is 5.32 Å². The van der Waals surface area contributed by atoms with E-state index in [0.717, 1.165) is 18.2 Å². The first-order valence-electron chi connectivity index (χ1n) is 11.4. The predicted octanol–water partition coefficient (Wildman–Crippen LogP) is 5.73. The van der Waals surface area contributed by atoms with Crippen LogP contribution in [-0.2, 0) is 12.1 Å². The van der Waals surface area contributed by atoms with Gasteiger partial charge in [0, 0.05) is 48.4 Å². The molecule has 1 saturated heterocycles. The van der Waals surface area contributed by atoms with Crippen molar-refractivity contribution in [1.82, 2.24) is 4.90 Å². The number of benzene rings is 3. The number of carbonyl (C=O) groups excluding carboxylic acids is 1. The molecule has 0 unspecified atom stereocenters. The largest absolute Gasteiger partial charge is 0.451 e. The van der Waals surface area contributed by atoms with E-state index in [2.05, 4.69) is 5.32 Å². The fraction of sp³-hybridized carbons (Fsp3) is 0.222. The maximum absolute atomic E-state index is 14.0. The zero-order valence-electron chi connectivity index (χ0n) is 19.0. The number of carbonyl (C=O) groups is 1. The Kier molecular flexibility index (Phi) is 6.27. The van der Waals surface area contributed by atoms with Crippen molar-refractivity contribution in [3.63, 3.8) is 0 Å². The number of hydrogen-bond donors (Lipinski definition) is 2. The number of nitrogens with zero attached hydrogens (tertiary/aromatic N) is 1. The second kappa shape index (κ2) is 9.40. The summed E-state index contributed by atoms with van der Waals surface area (Å²) >= 11 is 0. The van der Waals surface area contributed by atoms with Gasteiger partial charge in [0.25, 0.3) is 5.91 Å². The molecule has 2 N–H and O–H groups in total. The summed E-state index contributed by atoms with van der Waals surface area (Å²) in [6.07, 6.45) is 0.811. The molecule has 5 nitrogen and oxygen atoms in total. The molecule has 0 saturated carbocycles. The first kappa shape index (κ1) is 24.0. The number of likely N-dealkylation sites (tertiary alicyclic amines) is 1. The second-order valence-corrected chi connectivity index (χ2v) is 8.99. The minimum absolute atomic E-state index is 0.0185. The van der Waals surface area contributed by atoms with E-state index in [4.69, 9.17) is 4.42 Å². The van der Waals surface area contributed by atoms with Gasteiger partial charge in [-0.25, -0.2) is 17.6 Å². The Morgan fingerprint density at radius 3 is 2.42 bits per heavy atom. The molecular weight excluding hydrogens is 476 g/mol. The number of fused-ring (bicyclic) bond motifs is 1. The van der Waals surface area contributed by atoms with Crippen molar-refractivity contribution in [3.05, 3.63) is 101 Å². The molecule has 0 radical (unpaired) electrons. The number of amides is 1. The molecule has 0 atom stereocenters. The van der Waals surface area contributed by atoms with Gasteiger partial charge in [-0.2, -0.15) is 0 Å². The van der Waals surface area contributed by atoms with E-state index in [0.29, 0.717) is 54.6 Å². The van der Waals surface area contributed by atoms with Gasteiger partial charge in [0.2, 0.25) is 0 Å². The van der Waals surface area contributed by atoms with Gasteiger partial charge >= 0.3 is 0 Å². The lowest BCUT2D eigenvalue weighted by atomic mass is 9.84. The predicted molar refractivity (Wildman–Crippen MR) is 125 cm³/mol. The summed E-state index contributed by atoms with van der Waals surface area (Å²) in [5, 5.41) is 14.4. The Hall–Kier alpha value is -3.69. The van der Waals surface area contributed by atoms with Gasteiger partial charge < -0.3 is 14.8 Å². The van der Waals surface area contributed by atoms with Gasteiger partial charge in [-0.3, -0.25) is 9.69 Å². The molecule has 1 aliphatic rings. The molecule has 0 aliphatic carbocycles. The van der Waals surface area contributed by atoms with E-state index in [1.165, 1.54) is 24.3 Å². The highest BCUT2D eigenvalue weighted by Crippen LogP contribution is 2.35. The molecule has 0 spiro atoms. The Bertz CT molecular complexity index is 1440. The summed E-state index contributed by atoms with van der Waals surface area (Å²) in [5.74, 6) is -3.96. The van der Waals surface area contributed by atoms with Gasteiger partial charge in [0.15, 0.2) is 17.4 Å². The topological polar surface area (TPSA) is 65.7 Å². The van der Waals surface area contributed by atoms with Crippen LogP contribution in [0.3, 0.4) is 0 Å². The standard InChI is InChI=1S/C27H22F4N2O3/c28-19-3-1-16(22(30)13-19)15-33-9-7-27(35,8-10-33)18-2-6-24-17(11-18)12-25(36-24)26(34)32-20-4-5-21(29)23(31)14-20/h1-6,11-14,35H,7-10,15H2,(H,32,34). The van der Waals surface area contributed by atoms with Crippen molar-refractivity contribution in [1.29, 1.82) is 0 Å². The van der Waals surface area contributed by atoms with Crippen molar-refractivity contribution >= 4 is 22.6 Å². The molecule has 1 amide bonds. The first-order valence-corrected chi connectivity index (χ1v) is 11.4. The van der Waals surface area contributed by atoms with Crippen molar-refractivity contribution in [3.8, 4) is 0 Å². The summed E-state index contributed by atoms with van der Waals surface area (Å²) < 4.78 is 59.3. The minimum Gasteiger partial charge on any atom is -0.451 e. The molecule has 36 heavy (non-hydrogen) atoms. The normalized spacial score (nSPS) is 15.8. The third-order valence-electron chi connectivity index (χ3n) is 6.55. The summed E-state index contributed by atoms with van der Waals surface area (Å²) in [7, 11) is 0. The molecule has 1 aromatic heterocycles. The molecule has 4 aromatic rings. The Labute approximate surface area is 203 Å². The molecule has 1 fully saturated rings. The average Bonchev–Trinajstić information content (AvgIpc) is 3.28. The number of furan rings is 1. The molecule has 5 rings (SSSR count). The van der Waals surface area contributed by atoms with Gasteiger partial charge in [-0.1, -0.05) is 12.1 Å². The number of halogens is 4. The van der Waals surface area contributed by atoms with E-state index in [1.54, 1.807) is 18.2 Å². The van der Waals surface area contributed by atoms with Gasteiger partial charge in [-0.05, 0) is 54.8 Å². The first-order chi connectivity index (χ1) is 17.2. The van der Waals surface area contributed by atoms with E-state index in [-0.39, 0.29) is 11.4 Å². The highest BCUT2D eigenvalue weighted by atomic mass is 19.2. The summed E-state index contributed by atoms with van der Waals surface area (Å²) in [5.41, 5.74) is 0.465. The van der Waals surface area contributed by atoms with Crippen LogP contribution in [0.5, 0.6) is 0 Å². The van der Waals surface area contributed by atoms with E-state index in [9.17, 15) is 27.5 Å². The van der Waals surface area contributed by atoms with Crippen LogP contribution in [0.25, 0.3) is 11.0 Å². The lowest BCUT2D eigenvalue weighted by molar-refractivity contribution is -0.0278. The van der Waals surface area contributed by atoms with E-state index >= 15 is 0 Å². The molecule has 1 aliphatic heterocycles. The van der Waals surface area contributed by atoms with Crippen LogP contribution in [0.15, 0.2) is 65.1 Å². The van der Waals surface area contributed by atoms with Gasteiger partial charge in [0.1, 0.15) is 17.2 Å². The van der Waals surface area contributed by atoms with Crippen molar-refractivity contribution in [2.24, 2.45) is 0 Å².